The molecule has 1 N–H and O–H groups in total. The zero-order valence-electron chi connectivity index (χ0n) is 12.9. The first-order chi connectivity index (χ1) is 11.1. The zero-order valence-corrected chi connectivity index (χ0v) is 12.9. The molecule has 0 aliphatic carbocycles. The second-order valence-electron chi connectivity index (χ2n) is 5.76. The van der Waals surface area contributed by atoms with E-state index in [0.717, 1.165) is 31.1 Å². The molecule has 124 valence electrons. The van der Waals surface area contributed by atoms with Gasteiger partial charge in [-0.15, -0.1) is 0 Å². The van der Waals surface area contributed by atoms with Gasteiger partial charge in [0.25, 0.3) is 0 Å². The van der Waals surface area contributed by atoms with Gasteiger partial charge in [0, 0.05) is 24.6 Å². The standard InChI is InChI=1S/C15H19F2N5O/c1-2-22-14(19-20-15(22)23)10-3-5-21(6-4-10)9-11-12(16)7-18-8-13(11)17/h7-8,10H,2-6,9H2,1H3,(H,20,23). The molecule has 0 saturated carbocycles. The van der Waals surface area contributed by atoms with E-state index in [-0.39, 0.29) is 23.7 Å². The van der Waals surface area contributed by atoms with Crippen molar-refractivity contribution in [2.24, 2.45) is 0 Å². The quantitative estimate of drug-likeness (QED) is 0.929. The maximum absolute atomic E-state index is 13.7. The maximum atomic E-state index is 13.7. The Balaban J connectivity index is 1.66. The van der Waals surface area contributed by atoms with Crippen LogP contribution in [0.4, 0.5) is 8.78 Å². The Labute approximate surface area is 132 Å². The molecule has 3 rings (SSSR count). The normalized spacial score (nSPS) is 16.8. The Kier molecular flexibility index (Phi) is 4.51. The number of nitrogens with zero attached hydrogens (tertiary/aromatic N) is 4. The molecule has 1 aliphatic heterocycles. The van der Waals surface area contributed by atoms with Crippen molar-refractivity contribution in [3.8, 4) is 0 Å². The predicted octanol–water partition coefficient (Wildman–Crippen LogP) is 1.64. The summed E-state index contributed by atoms with van der Waals surface area (Å²) in [5.41, 5.74) is -0.130. The van der Waals surface area contributed by atoms with Gasteiger partial charge < -0.3 is 0 Å². The third-order valence-electron chi connectivity index (χ3n) is 4.39. The Morgan fingerprint density at radius 3 is 2.52 bits per heavy atom. The molecule has 0 unspecified atom stereocenters. The first-order valence-electron chi connectivity index (χ1n) is 7.75. The van der Waals surface area contributed by atoms with Gasteiger partial charge in [-0.25, -0.2) is 18.7 Å². The molecule has 6 nitrogen and oxygen atoms in total. The number of hydrogen-bond acceptors (Lipinski definition) is 4. The van der Waals surface area contributed by atoms with Gasteiger partial charge in [0.15, 0.2) is 0 Å². The highest BCUT2D eigenvalue weighted by Gasteiger charge is 2.26. The lowest BCUT2D eigenvalue weighted by Gasteiger charge is -2.31. The van der Waals surface area contributed by atoms with E-state index in [4.69, 9.17) is 0 Å². The highest BCUT2D eigenvalue weighted by atomic mass is 19.1. The molecule has 1 aliphatic rings. The Hall–Kier alpha value is -2.09. The zero-order chi connectivity index (χ0) is 16.4. The van der Waals surface area contributed by atoms with Crippen LogP contribution in [-0.2, 0) is 13.1 Å². The summed E-state index contributed by atoms with van der Waals surface area (Å²) in [5, 5.41) is 6.62. The van der Waals surface area contributed by atoms with E-state index in [1.807, 2.05) is 11.8 Å². The Morgan fingerprint density at radius 2 is 1.91 bits per heavy atom. The highest BCUT2D eigenvalue weighted by molar-refractivity contribution is 5.15. The predicted molar refractivity (Wildman–Crippen MR) is 79.9 cm³/mol. The lowest BCUT2D eigenvalue weighted by atomic mass is 9.95. The fourth-order valence-corrected chi connectivity index (χ4v) is 3.11. The van der Waals surface area contributed by atoms with E-state index in [1.165, 1.54) is 0 Å². The summed E-state index contributed by atoms with van der Waals surface area (Å²) >= 11 is 0. The topological polar surface area (TPSA) is 66.8 Å². The summed E-state index contributed by atoms with van der Waals surface area (Å²) in [7, 11) is 0. The number of pyridine rings is 1. The lowest BCUT2D eigenvalue weighted by molar-refractivity contribution is 0.195. The molecule has 0 radical (unpaired) electrons. The first-order valence-corrected chi connectivity index (χ1v) is 7.75. The second kappa shape index (κ2) is 6.57. The van der Waals surface area contributed by atoms with Crippen LogP contribution in [-0.4, -0.2) is 37.7 Å². The van der Waals surface area contributed by atoms with Gasteiger partial charge >= 0.3 is 5.69 Å². The van der Waals surface area contributed by atoms with Crippen molar-refractivity contribution in [3.05, 3.63) is 45.9 Å². The minimum atomic E-state index is -0.612. The van der Waals surface area contributed by atoms with Crippen LogP contribution in [0.5, 0.6) is 0 Å². The van der Waals surface area contributed by atoms with Crippen molar-refractivity contribution in [1.82, 2.24) is 24.6 Å². The molecule has 2 aromatic rings. The molecule has 8 heteroatoms. The number of halogens is 2. The minimum Gasteiger partial charge on any atom is -0.299 e. The largest absolute Gasteiger partial charge is 0.343 e. The van der Waals surface area contributed by atoms with E-state index in [0.29, 0.717) is 19.6 Å². The third-order valence-corrected chi connectivity index (χ3v) is 4.39. The number of piperidine rings is 1. The number of rotatable bonds is 4. The number of aromatic amines is 1. The molecule has 1 saturated heterocycles. The number of aromatic nitrogens is 4. The van der Waals surface area contributed by atoms with Gasteiger partial charge in [-0.1, -0.05) is 0 Å². The average molecular weight is 323 g/mol. The van der Waals surface area contributed by atoms with Gasteiger partial charge in [-0.05, 0) is 32.9 Å². The van der Waals surface area contributed by atoms with Gasteiger partial charge in [-0.2, -0.15) is 5.10 Å². The molecule has 0 aromatic carbocycles. The van der Waals surface area contributed by atoms with Gasteiger partial charge in [-0.3, -0.25) is 14.5 Å². The number of hydrogen-bond donors (Lipinski definition) is 1. The Morgan fingerprint density at radius 1 is 1.26 bits per heavy atom. The van der Waals surface area contributed by atoms with Crippen molar-refractivity contribution in [2.75, 3.05) is 13.1 Å². The van der Waals surface area contributed by atoms with Crippen LogP contribution in [0.25, 0.3) is 0 Å². The summed E-state index contributed by atoms with van der Waals surface area (Å²) < 4.78 is 29.0. The lowest BCUT2D eigenvalue weighted by Crippen LogP contribution is -2.34. The molecule has 2 aromatic heterocycles. The van der Waals surface area contributed by atoms with E-state index in [1.54, 1.807) is 4.57 Å². The summed E-state index contributed by atoms with van der Waals surface area (Å²) in [6.07, 6.45) is 3.68. The van der Waals surface area contributed by atoms with Crippen molar-refractivity contribution in [1.29, 1.82) is 0 Å². The second-order valence-corrected chi connectivity index (χ2v) is 5.76. The molecular formula is C15H19F2N5O. The average Bonchev–Trinajstić information content (AvgIpc) is 2.92. The third kappa shape index (κ3) is 3.17. The van der Waals surface area contributed by atoms with Crippen LogP contribution < -0.4 is 5.69 Å². The van der Waals surface area contributed by atoms with E-state index in [9.17, 15) is 13.6 Å². The fourth-order valence-electron chi connectivity index (χ4n) is 3.11. The van der Waals surface area contributed by atoms with Crippen LogP contribution in [0.1, 0.15) is 37.1 Å². The summed E-state index contributed by atoms with van der Waals surface area (Å²) in [4.78, 5) is 17.2. The molecule has 0 spiro atoms. The summed E-state index contributed by atoms with van der Waals surface area (Å²) in [6, 6.07) is 0. The van der Waals surface area contributed by atoms with Gasteiger partial charge in [0.05, 0.1) is 12.4 Å². The van der Waals surface area contributed by atoms with Gasteiger partial charge in [0.1, 0.15) is 17.5 Å². The number of H-pyrrole nitrogens is 1. The molecule has 3 heterocycles. The van der Waals surface area contributed by atoms with E-state index in [2.05, 4.69) is 15.2 Å². The van der Waals surface area contributed by atoms with Crippen LogP contribution in [0.15, 0.2) is 17.2 Å². The van der Waals surface area contributed by atoms with Crippen molar-refractivity contribution < 1.29 is 8.78 Å². The maximum Gasteiger partial charge on any atom is 0.343 e. The van der Waals surface area contributed by atoms with E-state index >= 15 is 0 Å². The van der Waals surface area contributed by atoms with Gasteiger partial charge in [0.2, 0.25) is 0 Å². The minimum absolute atomic E-state index is 0.0590. The smallest absolute Gasteiger partial charge is 0.299 e. The highest BCUT2D eigenvalue weighted by Crippen LogP contribution is 2.27. The van der Waals surface area contributed by atoms with E-state index < -0.39 is 11.6 Å². The Bertz CT molecular complexity index is 713. The van der Waals surface area contributed by atoms with Crippen molar-refractivity contribution in [2.45, 2.75) is 38.8 Å². The molecule has 1 fully saturated rings. The van der Waals surface area contributed by atoms with Crippen molar-refractivity contribution in [3.63, 3.8) is 0 Å². The van der Waals surface area contributed by atoms with Crippen LogP contribution in [0.2, 0.25) is 0 Å². The van der Waals surface area contributed by atoms with Crippen LogP contribution in [0, 0.1) is 11.6 Å². The molecular weight excluding hydrogens is 304 g/mol. The van der Waals surface area contributed by atoms with Crippen LogP contribution in [0.3, 0.4) is 0 Å². The number of likely N-dealkylation sites (tertiary alicyclic amines) is 1. The first kappa shape index (κ1) is 15.8. The molecule has 0 amide bonds. The molecule has 23 heavy (non-hydrogen) atoms. The monoisotopic (exact) mass is 323 g/mol. The summed E-state index contributed by atoms with van der Waals surface area (Å²) in [6.45, 7) is 4.13. The molecule has 0 bridgehead atoms. The SMILES string of the molecule is CCn1c(C2CCN(Cc3c(F)cncc3F)CC2)n[nH]c1=O. The van der Waals surface area contributed by atoms with Crippen molar-refractivity contribution >= 4 is 0 Å². The summed E-state index contributed by atoms with van der Waals surface area (Å²) in [5.74, 6) is -0.255. The number of nitrogens with one attached hydrogen (secondary N) is 1. The van der Waals surface area contributed by atoms with Crippen LogP contribution >= 0.6 is 0 Å². The fraction of sp³-hybridized carbons (Fsp3) is 0.533. The molecule has 0 atom stereocenters.